The first kappa shape index (κ1) is 15.3. The van der Waals surface area contributed by atoms with Crippen LogP contribution in [0.4, 0.5) is 0 Å². The minimum absolute atomic E-state index is 0.185. The minimum atomic E-state index is -2.79. The Morgan fingerprint density at radius 1 is 1.05 bits per heavy atom. The van der Waals surface area contributed by atoms with E-state index in [-0.39, 0.29) is 11.6 Å². The number of nitrogens with one attached hydrogen (secondary N) is 1. The number of sulfone groups is 1. The van der Waals surface area contributed by atoms with Gasteiger partial charge in [0.25, 0.3) is 0 Å². The van der Waals surface area contributed by atoms with Gasteiger partial charge in [0.1, 0.15) is 0 Å². The average molecular weight is 288 g/mol. The lowest BCUT2D eigenvalue weighted by Gasteiger charge is -2.42. The molecule has 0 aliphatic carbocycles. The molecule has 0 bridgehead atoms. The maximum absolute atomic E-state index is 11.6. The van der Waals surface area contributed by atoms with E-state index in [0.29, 0.717) is 17.5 Å². The van der Waals surface area contributed by atoms with E-state index in [1.54, 1.807) is 0 Å². The summed E-state index contributed by atoms with van der Waals surface area (Å²) in [7, 11) is -2.79. The molecule has 2 aliphatic heterocycles. The standard InChI is InChI=1S/C14H28N2O2S/c1-14(2,3)16-8-6-12(7-9-16)15-13-5-4-10-19(17,18)11-13/h12-13,15H,4-11H2,1-3H3. The van der Waals surface area contributed by atoms with Gasteiger partial charge in [0.2, 0.25) is 0 Å². The summed E-state index contributed by atoms with van der Waals surface area (Å²) in [6, 6.07) is 0.682. The highest BCUT2D eigenvalue weighted by Gasteiger charge is 2.30. The predicted molar refractivity (Wildman–Crippen MR) is 79.2 cm³/mol. The van der Waals surface area contributed by atoms with Crippen LogP contribution >= 0.6 is 0 Å². The van der Waals surface area contributed by atoms with E-state index in [1.165, 1.54) is 0 Å². The molecule has 2 fully saturated rings. The first-order chi connectivity index (χ1) is 8.76. The molecule has 0 spiro atoms. The third-order valence-electron chi connectivity index (χ3n) is 4.38. The number of hydrogen-bond donors (Lipinski definition) is 1. The molecule has 1 unspecified atom stereocenters. The molecule has 0 amide bonds. The number of likely N-dealkylation sites (tertiary alicyclic amines) is 1. The zero-order chi connectivity index (χ0) is 14.1. The second-order valence-corrected chi connectivity index (χ2v) is 9.28. The molecule has 19 heavy (non-hydrogen) atoms. The van der Waals surface area contributed by atoms with E-state index in [0.717, 1.165) is 38.8 Å². The highest BCUT2D eigenvalue weighted by atomic mass is 32.2. The minimum Gasteiger partial charge on any atom is -0.310 e. The summed E-state index contributed by atoms with van der Waals surface area (Å²) >= 11 is 0. The van der Waals surface area contributed by atoms with Crippen molar-refractivity contribution in [2.45, 2.75) is 64.1 Å². The van der Waals surface area contributed by atoms with Gasteiger partial charge in [-0.05, 0) is 46.5 Å². The summed E-state index contributed by atoms with van der Waals surface area (Å²) in [4.78, 5) is 2.52. The van der Waals surface area contributed by atoms with E-state index >= 15 is 0 Å². The SMILES string of the molecule is CC(C)(C)N1CCC(NC2CCCS(=O)(=O)C2)CC1. The van der Waals surface area contributed by atoms with Gasteiger partial charge >= 0.3 is 0 Å². The van der Waals surface area contributed by atoms with Gasteiger partial charge in [-0.1, -0.05) is 0 Å². The topological polar surface area (TPSA) is 49.4 Å². The fourth-order valence-corrected chi connectivity index (χ4v) is 4.85. The molecule has 112 valence electrons. The Morgan fingerprint density at radius 2 is 1.68 bits per heavy atom. The van der Waals surface area contributed by atoms with Gasteiger partial charge < -0.3 is 5.32 Å². The summed E-state index contributed by atoms with van der Waals surface area (Å²) < 4.78 is 23.3. The van der Waals surface area contributed by atoms with Crippen LogP contribution in [0, 0.1) is 0 Å². The van der Waals surface area contributed by atoms with E-state index in [1.807, 2.05) is 0 Å². The van der Waals surface area contributed by atoms with Crippen molar-refractivity contribution in [2.75, 3.05) is 24.6 Å². The molecule has 0 aromatic carbocycles. The van der Waals surface area contributed by atoms with Crippen molar-refractivity contribution in [3.63, 3.8) is 0 Å². The van der Waals surface area contributed by atoms with Crippen LogP contribution in [-0.2, 0) is 9.84 Å². The normalized spacial score (nSPS) is 30.4. The summed E-state index contributed by atoms with van der Waals surface area (Å²) in [5, 5.41) is 3.58. The molecule has 4 nitrogen and oxygen atoms in total. The average Bonchev–Trinajstić information content (AvgIpc) is 2.27. The number of piperidine rings is 1. The molecule has 0 aromatic rings. The molecule has 1 N–H and O–H groups in total. The van der Waals surface area contributed by atoms with Crippen LogP contribution in [0.2, 0.25) is 0 Å². The van der Waals surface area contributed by atoms with E-state index in [4.69, 9.17) is 0 Å². The van der Waals surface area contributed by atoms with Gasteiger partial charge in [-0.3, -0.25) is 4.90 Å². The zero-order valence-corrected chi connectivity index (χ0v) is 13.3. The lowest BCUT2D eigenvalue weighted by molar-refractivity contribution is 0.0939. The second kappa shape index (κ2) is 5.70. The Balaban J connectivity index is 1.80. The van der Waals surface area contributed by atoms with Crippen LogP contribution in [0.3, 0.4) is 0 Å². The van der Waals surface area contributed by atoms with Gasteiger partial charge in [0.15, 0.2) is 9.84 Å². The summed E-state index contributed by atoms with van der Waals surface area (Å²) in [5.74, 6) is 0.722. The third kappa shape index (κ3) is 4.43. The fourth-order valence-electron chi connectivity index (χ4n) is 3.20. The van der Waals surface area contributed by atoms with E-state index < -0.39 is 9.84 Å². The molecular formula is C14H28N2O2S. The van der Waals surface area contributed by atoms with Crippen LogP contribution in [-0.4, -0.2) is 55.5 Å². The lowest BCUT2D eigenvalue weighted by atomic mass is 9.97. The van der Waals surface area contributed by atoms with Crippen molar-refractivity contribution in [3.8, 4) is 0 Å². The van der Waals surface area contributed by atoms with Crippen LogP contribution < -0.4 is 5.32 Å². The number of nitrogens with zero attached hydrogens (tertiary/aromatic N) is 1. The van der Waals surface area contributed by atoms with Gasteiger partial charge in [-0.15, -0.1) is 0 Å². The molecule has 2 rings (SSSR count). The van der Waals surface area contributed by atoms with E-state index in [9.17, 15) is 8.42 Å². The van der Waals surface area contributed by atoms with Crippen LogP contribution in [0.5, 0.6) is 0 Å². The molecule has 0 radical (unpaired) electrons. The molecular weight excluding hydrogens is 260 g/mol. The zero-order valence-electron chi connectivity index (χ0n) is 12.5. The van der Waals surface area contributed by atoms with Crippen molar-refractivity contribution >= 4 is 9.84 Å². The fraction of sp³-hybridized carbons (Fsp3) is 1.00. The molecule has 0 aromatic heterocycles. The Labute approximate surface area is 117 Å². The molecule has 5 heteroatoms. The smallest absolute Gasteiger partial charge is 0.151 e. The highest BCUT2D eigenvalue weighted by Crippen LogP contribution is 2.21. The first-order valence-electron chi connectivity index (χ1n) is 7.48. The summed E-state index contributed by atoms with van der Waals surface area (Å²) in [5.41, 5.74) is 0.249. The highest BCUT2D eigenvalue weighted by molar-refractivity contribution is 7.91. The van der Waals surface area contributed by atoms with Gasteiger partial charge in [0, 0.05) is 30.7 Å². The summed E-state index contributed by atoms with van der Waals surface area (Å²) in [6.07, 6.45) is 4.10. The maximum Gasteiger partial charge on any atom is 0.151 e. The van der Waals surface area contributed by atoms with Gasteiger partial charge in [-0.25, -0.2) is 8.42 Å². The molecule has 2 heterocycles. The molecule has 2 aliphatic rings. The largest absolute Gasteiger partial charge is 0.310 e. The van der Waals surface area contributed by atoms with Crippen molar-refractivity contribution in [2.24, 2.45) is 0 Å². The number of rotatable bonds is 2. The Hall–Kier alpha value is -0.130. The lowest BCUT2D eigenvalue weighted by Crippen LogP contribution is -2.53. The predicted octanol–water partition coefficient (Wildman–Crippen LogP) is 1.42. The maximum atomic E-state index is 11.6. The van der Waals surface area contributed by atoms with Crippen molar-refractivity contribution in [1.29, 1.82) is 0 Å². The van der Waals surface area contributed by atoms with E-state index in [2.05, 4.69) is 31.0 Å². The Bertz CT molecular complexity index is 392. The monoisotopic (exact) mass is 288 g/mol. The van der Waals surface area contributed by atoms with Crippen LogP contribution in [0.15, 0.2) is 0 Å². The van der Waals surface area contributed by atoms with Gasteiger partial charge in [0.05, 0.1) is 11.5 Å². The molecule has 0 saturated carbocycles. The first-order valence-corrected chi connectivity index (χ1v) is 9.30. The molecule has 1 atom stereocenters. The van der Waals surface area contributed by atoms with Crippen molar-refractivity contribution in [3.05, 3.63) is 0 Å². The quantitative estimate of drug-likeness (QED) is 0.835. The second-order valence-electron chi connectivity index (χ2n) is 7.05. The third-order valence-corrected chi connectivity index (χ3v) is 6.20. The molecule has 2 saturated heterocycles. The summed E-state index contributed by atoms with van der Waals surface area (Å²) in [6.45, 7) is 9.00. The van der Waals surface area contributed by atoms with Crippen LogP contribution in [0.1, 0.15) is 46.5 Å². The van der Waals surface area contributed by atoms with Crippen molar-refractivity contribution < 1.29 is 8.42 Å². The number of hydrogen-bond acceptors (Lipinski definition) is 4. The van der Waals surface area contributed by atoms with Gasteiger partial charge in [-0.2, -0.15) is 0 Å². The van der Waals surface area contributed by atoms with Crippen molar-refractivity contribution in [1.82, 2.24) is 10.2 Å². The van der Waals surface area contributed by atoms with Crippen LogP contribution in [0.25, 0.3) is 0 Å². The Morgan fingerprint density at radius 3 is 2.21 bits per heavy atom. The Kier molecular flexibility index (Phi) is 4.58.